The average Bonchev–Trinajstić information content (AvgIpc) is 1.77. The number of aryl methyl sites for hydroxylation is 6. The van der Waals surface area contributed by atoms with Crippen molar-refractivity contribution < 1.29 is 9.47 Å². The molecule has 8 heterocycles. The Morgan fingerprint density at radius 1 is 0.274 bits per heavy atom. The Morgan fingerprint density at radius 2 is 0.500 bits per heavy atom. The van der Waals surface area contributed by atoms with Gasteiger partial charge in [-0.15, -0.1) is 30.6 Å². The molecular weight excluding hydrogens is 1340 g/mol. The first-order valence-corrected chi connectivity index (χ1v) is 41.6. The van der Waals surface area contributed by atoms with Crippen LogP contribution in [0.1, 0.15) is 279 Å². The van der Waals surface area contributed by atoms with Crippen molar-refractivity contribution in [2.75, 3.05) is 119 Å². The molecule has 0 amide bonds. The number of hydrogen-bond donors (Lipinski definition) is 12. The summed E-state index contributed by atoms with van der Waals surface area (Å²) < 4.78 is 21.4. The van der Waals surface area contributed by atoms with Crippen molar-refractivity contribution >= 4 is 71.4 Å². The van der Waals surface area contributed by atoms with Crippen LogP contribution in [0.4, 0.5) is 71.4 Å². The smallest absolute Gasteiger partial charge is 0.244 e. The van der Waals surface area contributed by atoms with Crippen LogP contribution in [0.3, 0.4) is 0 Å². The summed E-state index contributed by atoms with van der Waals surface area (Å²) in [5.74, 6) is 9.88. The van der Waals surface area contributed by atoms with Gasteiger partial charge < -0.3 is 75.8 Å². The second-order valence-corrected chi connectivity index (χ2v) is 25.2. The lowest BCUT2D eigenvalue weighted by atomic mass is 9.89. The van der Waals surface area contributed by atoms with E-state index in [0.29, 0.717) is 71.7 Å². The van der Waals surface area contributed by atoms with Crippen molar-refractivity contribution in [3.63, 3.8) is 0 Å². The van der Waals surface area contributed by atoms with E-state index >= 15 is 0 Å². The molecule has 0 radical (unpaired) electrons. The first-order valence-electron chi connectivity index (χ1n) is 41.6. The number of nitrogen functional groups attached to an aromatic ring is 6. The minimum absolute atomic E-state index is 0.291. The molecular formula is C74H154N30O2. The molecule has 2 atom stereocenters. The molecule has 12 rings (SSSR count). The molecule has 106 heavy (non-hydrogen) atoms. The molecule has 4 aliphatic carbocycles. The van der Waals surface area contributed by atoms with Gasteiger partial charge in [-0.3, -0.25) is 0 Å². The fourth-order valence-electron chi connectivity index (χ4n) is 12.6. The maximum absolute atomic E-state index is 5.71. The predicted molar refractivity (Wildman–Crippen MR) is 444 cm³/mol. The number of ether oxygens (including phenoxy) is 2. The maximum atomic E-state index is 5.71. The highest BCUT2D eigenvalue weighted by atomic mass is 16.5. The van der Waals surface area contributed by atoms with Gasteiger partial charge in [-0.25, -0.2) is 28.1 Å². The van der Waals surface area contributed by atoms with Gasteiger partial charge in [0.05, 0.1) is 12.2 Å². The van der Waals surface area contributed by atoms with E-state index in [1.807, 2.05) is 134 Å². The lowest BCUT2D eigenvalue weighted by Gasteiger charge is -2.21. The maximum Gasteiger partial charge on any atom is 0.244 e. The highest BCUT2D eigenvalue weighted by Crippen LogP contribution is 2.27. The van der Waals surface area contributed by atoms with Gasteiger partial charge in [-0.1, -0.05) is 160 Å². The van der Waals surface area contributed by atoms with E-state index in [1.165, 1.54) is 128 Å². The topological polar surface area (TPSA) is 431 Å². The molecule has 18 N–H and O–H groups in total. The van der Waals surface area contributed by atoms with Gasteiger partial charge in [0.1, 0.15) is 0 Å². The van der Waals surface area contributed by atoms with Gasteiger partial charge in [0, 0.05) is 91.8 Å². The summed E-state index contributed by atoms with van der Waals surface area (Å²) in [5.41, 5.74) is 33.9. The Hall–Kier alpha value is -7.64. The van der Waals surface area contributed by atoms with Gasteiger partial charge in [-0.05, 0) is 142 Å². The summed E-state index contributed by atoms with van der Waals surface area (Å²) in [6.45, 7) is 47.9. The Bertz CT molecular complexity index is 2780. The Morgan fingerprint density at radius 3 is 0.708 bits per heavy atom. The zero-order valence-corrected chi connectivity index (χ0v) is 69.7. The van der Waals surface area contributed by atoms with E-state index in [4.69, 9.17) is 43.9 Å². The Labute approximate surface area is 639 Å². The summed E-state index contributed by atoms with van der Waals surface area (Å²) in [4.78, 5) is 24.9. The molecule has 4 saturated carbocycles. The van der Waals surface area contributed by atoms with E-state index in [9.17, 15) is 0 Å². The highest BCUT2D eigenvalue weighted by Gasteiger charge is 2.21. The zero-order valence-electron chi connectivity index (χ0n) is 69.7. The van der Waals surface area contributed by atoms with Crippen LogP contribution in [0.15, 0.2) is 0 Å². The number of nitrogens with two attached hydrogens (primary N) is 6. The zero-order chi connectivity index (χ0) is 78.9. The van der Waals surface area contributed by atoms with E-state index in [2.05, 4.69) is 92.4 Å². The van der Waals surface area contributed by atoms with Crippen LogP contribution in [-0.2, 0) is 48.7 Å². The van der Waals surface area contributed by atoms with Gasteiger partial charge in [-0.2, -0.15) is 29.9 Å². The lowest BCUT2D eigenvalue weighted by molar-refractivity contribution is 0.120. The molecule has 6 aliphatic rings. The monoisotopic (exact) mass is 1500 g/mol. The largest absolute Gasteiger partial charge is 0.376 e. The molecule has 0 spiro atoms. The summed E-state index contributed by atoms with van der Waals surface area (Å²) in [7, 11) is 0. The minimum Gasteiger partial charge on any atom is -0.376 e. The van der Waals surface area contributed by atoms with E-state index in [-0.39, 0.29) is 0 Å². The number of hydrogen-bond acceptors (Lipinski definition) is 26. The second-order valence-electron chi connectivity index (χ2n) is 25.2. The van der Waals surface area contributed by atoms with Crippen LogP contribution in [-0.4, -0.2) is 153 Å². The molecule has 0 bridgehead atoms. The summed E-state index contributed by atoms with van der Waals surface area (Å²) in [6, 6.07) is 0. The third-order valence-corrected chi connectivity index (χ3v) is 18.1. The summed E-state index contributed by atoms with van der Waals surface area (Å²) in [6.07, 6.45) is 32.3. The highest BCUT2D eigenvalue weighted by molar-refractivity contribution is 5.35. The Balaban J connectivity index is 0.000000617. The molecule has 6 fully saturated rings. The molecule has 6 aromatic heterocycles. The van der Waals surface area contributed by atoms with Gasteiger partial charge >= 0.3 is 0 Å². The standard InChI is InChI=1S/4C11H21N5.2C9H17N5O.6C2H6/c2*1-2-16-10(12)14-11(15-16)13-8-9-6-4-3-5-7-9;2*1-2-16-11(14-10(12)15-16)13-8-9-6-4-3-5-7-9;2*1-2-14-8(10)12-9(13-14)11-6-7-4-3-5-15-7;6*1-2/h4*9H,2-8H2,1H3,(H3,12,13,14,15);2*7H,2-6H2,1H3,(H3,10,11,12,13);6*1-2H3. The van der Waals surface area contributed by atoms with Crippen molar-refractivity contribution in [3.05, 3.63) is 0 Å². The fourth-order valence-corrected chi connectivity index (χ4v) is 12.6. The number of nitrogens with zero attached hydrogens (tertiary/aromatic N) is 18. The van der Waals surface area contributed by atoms with Crippen molar-refractivity contribution in [2.45, 2.75) is 330 Å². The van der Waals surface area contributed by atoms with Crippen LogP contribution >= 0.6 is 0 Å². The van der Waals surface area contributed by atoms with Crippen LogP contribution < -0.4 is 66.3 Å². The summed E-state index contributed by atoms with van der Waals surface area (Å²) in [5, 5.41) is 44.8. The Kier molecular flexibility index (Phi) is 54.9. The number of anilines is 12. The van der Waals surface area contributed by atoms with Crippen LogP contribution in [0.5, 0.6) is 0 Å². The number of rotatable bonds is 24. The third kappa shape index (κ3) is 37.7. The van der Waals surface area contributed by atoms with Crippen LogP contribution in [0.25, 0.3) is 0 Å². The predicted octanol–water partition coefficient (Wildman–Crippen LogP) is 14.6. The summed E-state index contributed by atoms with van der Waals surface area (Å²) >= 11 is 0. The molecule has 32 nitrogen and oxygen atoms in total. The third-order valence-electron chi connectivity index (χ3n) is 18.1. The SMILES string of the molecule is CC.CC.CC.CC.CC.CC.CCn1nc(N)nc1NCC1CCCCC1.CCn1nc(N)nc1NCC1CCCCC1.CCn1nc(NCC2CCCCC2)nc1N.CCn1nc(NCC2CCCCC2)nc1N.CCn1nc(NCC2CCCO2)nc1N.CCn1nc(NCC2CCCO2)nc1N. The van der Waals surface area contributed by atoms with Crippen LogP contribution in [0, 0.1) is 23.7 Å². The molecule has 2 saturated heterocycles. The quantitative estimate of drug-likeness (QED) is 0.0268. The first-order chi connectivity index (χ1) is 51.8. The molecule has 2 aliphatic heterocycles. The van der Waals surface area contributed by atoms with E-state index in [1.54, 1.807) is 18.7 Å². The molecule has 6 aromatic rings. The van der Waals surface area contributed by atoms with Gasteiger partial charge in [0.15, 0.2) is 0 Å². The van der Waals surface area contributed by atoms with Crippen molar-refractivity contribution in [2.24, 2.45) is 23.7 Å². The van der Waals surface area contributed by atoms with Gasteiger partial charge in [0.2, 0.25) is 71.4 Å². The molecule has 2 unspecified atom stereocenters. The number of aromatic nitrogens is 18. The molecule has 32 heteroatoms. The van der Waals surface area contributed by atoms with Crippen LogP contribution in [0.2, 0.25) is 0 Å². The average molecular weight is 1500 g/mol. The lowest BCUT2D eigenvalue weighted by Crippen LogP contribution is -2.19. The molecule has 0 aromatic carbocycles. The minimum atomic E-state index is 0.291. The van der Waals surface area contributed by atoms with E-state index < -0.39 is 0 Å². The van der Waals surface area contributed by atoms with Crippen molar-refractivity contribution in [1.82, 2.24) is 88.6 Å². The molecule has 612 valence electrons. The van der Waals surface area contributed by atoms with Gasteiger partial charge in [0.25, 0.3) is 0 Å². The van der Waals surface area contributed by atoms with Crippen molar-refractivity contribution in [1.29, 1.82) is 0 Å². The number of nitrogens with one attached hydrogen (secondary N) is 6. The first kappa shape index (κ1) is 96.4. The second kappa shape index (κ2) is 60.4. The van der Waals surface area contributed by atoms with Crippen molar-refractivity contribution in [3.8, 4) is 0 Å². The normalized spacial score (nSPS) is 16.8. The fraction of sp³-hybridized carbons (Fsp3) is 0.838. The van der Waals surface area contributed by atoms with E-state index in [0.717, 1.165) is 153 Å².